The molecule has 3 aromatic carbocycles. The summed E-state index contributed by atoms with van der Waals surface area (Å²) in [6, 6.07) is 23.9. The Bertz CT molecular complexity index is 1300. The molecule has 0 saturated heterocycles. The molecule has 0 spiro atoms. The Kier molecular flexibility index (Phi) is 5.84. The number of carbonyl (C=O) groups excluding carboxylic acids is 2. The summed E-state index contributed by atoms with van der Waals surface area (Å²) in [7, 11) is 0. The fraction of sp³-hybridized carbons (Fsp3) is 0.0833. The lowest BCUT2D eigenvalue weighted by Gasteiger charge is -2.12. The molecule has 1 heterocycles. The largest absolute Gasteiger partial charge is 0.454 e. The highest BCUT2D eigenvalue weighted by Gasteiger charge is 2.13. The molecule has 0 bridgehead atoms. The highest BCUT2D eigenvalue weighted by Crippen LogP contribution is 2.27. The van der Waals surface area contributed by atoms with E-state index in [4.69, 9.17) is 4.74 Å². The van der Waals surface area contributed by atoms with Gasteiger partial charge in [-0.05, 0) is 23.8 Å². The van der Waals surface area contributed by atoms with Crippen LogP contribution in [0.15, 0.2) is 90.0 Å². The summed E-state index contributed by atoms with van der Waals surface area (Å²) >= 11 is 0. The van der Waals surface area contributed by atoms with Crippen molar-refractivity contribution in [3.63, 3.8) is 0 Å². The third kappa shape index (κ3) is 4.67. The fourth-order valence-corrected chi connectivity index (χ4v) is 3.20. The van der Waals surface area contributed by atoms with Crippen LogP contribution in [0.4, 0.5) is 5.69 Å². The van der Waals surface area contributed by atoms with Gasteiger partial charge in [-0.15, -0.1) is 0 Å². The highest BCUT2D eigenvalue weighted by atomic mass is 16.5. The van der Waals surface area contributed by atoms with Gasteiger partial charge in [-0.1, -0.05) is 60.7 Å². The van der Waals surface area contributed by atoms with Crippen LogP contribution in [0.3, 0.4) is 0 Å². The van der Waals surface area contributed by atoms with Crippen molar-refractivity contribution in [3.8, 4) is 11.1 Å². The number of nitrogens with zero attached hydrogens (tertiary/aromatic N) is 2. The van der Waals surface area contributed by atoms with Gasteiger partial charge in [0.1, 0.15) is 6.54 Å². The van der Waals surface area contributed by atoms with Crippen LogP contribution in [0, 0.1) is 0 Å². The van der Waals surface area contributed by atoms with Crippen molar-refractivity contribution in [2.45, 2.75) is 6.54 Å². The van der Waals surface area contributed by atoms with E-state index in [1.54, 1.807) is 30.3 Å². The number of benzene rings is 3. The molecule has 0 atom stereocenters. The Labute approximate surface area is 177 Å². The summed E-state index contributed by atoms with van der Waals surface area (Å²) in [6.45, 7) is -0.789. The zero-order valence-corrected chi connectivity index (χ0v) is 16.5. The van der Waals surface area contributed by atoms with Crippen LogP contribution in [0.5, 0.6) is 0 Å². The molecule has 154 valence electrons. The number of aromatic nitrogens is 2. The summed E-state index contributed by atoms with van der Waals surface area (Å²) in [6.07, 6.45) is 1.29. The van der Waals surface area contributed by atoms with Crippen molar-refractivity contribution in [3.05, 3.63) is 95.5 Å². The zero-order chi connectivity index (χ0) is 21.6. The Hall–Kier alpha value is -4.26. The molecule has 0 aliphatic heterocycles. The molecule has 1 amide bonds. The SMILES string of the molecule is O=C(COC(=O)Cn1cnc2ccccc2c1=O)Nc1ccccc1-c1ccccc1. The van der Waals surface area contributed by atoms with Crippen molar-refractivity contribution in [1.29, 1.82) is 0 Å². The number of fused-ring (bicyclic) bond motifs is 1. The number of ether oxygens (including phenoxy) is 1. The lowest BCUT2D eigenvalue weighted by molar-refractivity contribution is -0.147. The maximum atomic E-state index is 12.5. The van der Waals surface area contributed by atoms with Crippen molar-refractivity contribution < 1.29 is 14.3 Å². The highest BCUT2D eigenvalue weighted by molar-refractivity contribution is 5.96. The predicted octanol–water partition coefficient (Wildman–Crippen LogP) is 3.25. The first kappa shape index (κ1) is 20.0. The Morgan fingerprint density at radius 2 is 1.61 bits per heavy atom. The lowest BCUT2D eigenvalue weighted by atomic mass is 10.0. The molecule has 1 aromatic heterocycles. The topological polar surface area (TPSA) is 90.3 Å². The van der Waals surface area contributed by atoms with Crippen LogP contribution >= 0.6 is 0 Å². The molecule has 0 aliphatic rings. The minimum Gasteiger partial charge on any atom is -0.454 e. The second kappa shape index (κ2) is 9.04. The second-order valence-corrected chi connectivity index (χ2v) is 6.82. The van der Waals surface area contributed by atoms with Crippen LogP contribution < -0.4 is 10.9 Å². The minimum atomic E-state index is -0.703. The molecule has 4 aromatic rings. The van der Waals surface area contributed by atoms with Gasteiger partial charge < -0.3 is 10.1 Å². The summed E-state index contributed by atoms with van der Waals surface area (Å²) in [4.78, 5) is 41.1. The van der Waals surface area contributed by atoms with Gasteiger partial charge in [0.2, 0.25) is 0 Å². The lowest BCUT2D eigenvalue weighted by Crippen LogP contribution is -2.28. The maximum Gasteiger partial charge on any atom is 0.326 e. The van der Waals surface area contributed by atoms with Gasteiger partial charge >= 0.3 is 5.97 Å². The number of anilines is 1. The quantitative estimate of drug-likeness (QED) is 0.490. The van der Waals surface area contributed by atoms with Gasteiger partial charge in [0.25, 0.3) is 11.5 Å². The van der Waals surface area contributed by atoms with E-state index in [1.807, 2.05) is 48.5 Å². The number of nitrogens with one attached hydrogen (secondary N) is 1. The Balaban J connectivity index is 1.38. The molecule has 0 unspecified atom stereocenters. The van der Waals surface area contributed by atoms with Crippen LogP contribution in [-0.4, -0.2) is 28.0 Å². The van der Waals surface area contributed by atoms with E-state index in [9.17, 15) is 14.4 Å². The van der Waals surface area contributed by atoms with E-state index in [2.05, 4.69) is 10.3 Å². The van der Waals surface area contributed by atoms with Gasteiger partial charge in [-0.2, -0.15) is 0 Å². The molecule has 31 heavy (non-hydrogen) atoms. The van der Waals surface area contributed by atoms with E-state index in [0.717, 1.165) is 15.7 Å². The van der Waals surface area contributed by atoms with Gasteiger partial charge in [-0.25, -0.2) is 4.98 Å². The first-order chi connectivity index (χ1) is 15.1. The van der Waals surface area contributed by atoms with Crippen LogP contribution in [0.25, 0.3) is 22.0 Å². The fourth-order valence-electron chi connectivity index (χ4n) is 3.20. The standard InChI is InChI=1S/C24H19N3O4/c28-22(26-21-13-7-4-10-18(21)17-8-2-1-3-9-17)15-31-23(29)14-27-16-25-20-12-6-5-11-19(20)24(27)30/h1-13,16H,14-15H2,(H,26,28). The third-order valence-electron chi connectivity index (χ3n) is 4.68. The molecule has 0 saturated carbocycles. The van der Waals surface area contributed by atoms with Crippen molar-refractivity contribution >= 4 is 28.5 Å². The van der Waals surface area contributed by atoms with E-state index >= 15 is 0 Å². The summed E-state index contributed by atoms with van der Waals surface area (Å²) in [5.41, 5.74) is 2.64. The predicted molar refractivity (Wildman–Crippen MR) is 117 cm³/mol. The number of hydrogen-bond donors (Lipinski definition) is 1. The molecule has 4 rings (SSSR count). The average molecular weight is 413 g/mol. The van der Waals surface area contributed by atoms with E-state index < -0.39 is 18.5 Å². The van der Waals surface area contributed by atoms with E-state index in [0.29, 0.717) is 16.6 Å². The molecule has 1 N–H and O–H groups in total. The first-order valence-corrected chi connectivity index (χ1v) is 9.66. The van der Waals surface area contributed by atoms with Crippen molar-refractivity contribution in [2.75, 3.05) is 11.9 Å². The van der Waals surface area contributed by atoms with Gasteiger partial charge in [0, 0.05) is 11.3 Å². The molecule has 7 nitrogen and oxygen atoms in total. The number of rotatable bonds is 6. The number of para-hydroxylation sites is 2. The first-order valence-electron chi connectivity index (χ1n) is 9.66. The zero-order valence-electron chi connectivity index (χ0n) is 16.5. The normalized spacial score (nSPS) is 10.6. The minimum absolute atomic E-state index is 0.329. The summed E-state index contributed by atoms with van der Waals surface area (Å²) in [5.74, 6) is -1.17. The van der Waals surface area contributed by atoms with Gasteiger partial charge in [0.15, 0.2) is 6.61 Å². The van der Waals surface area contributed by atoms with Crippen LogP contribution in [0.2, 0.25) is 0 Å². The van der Waals surface area contributed by atoms with Crippen molar-refractivity contribution in [2.24, 2.45) is 0 Å². The van der Waals surface area contributed by atoms with Crippen LogP contribution in [-0.2, 0) is 20.9 Å². The Morgan fingerprint density at radius 3 is 2.45 bits per heavy atom. The number of esters is 1. The third-order valence-corrected chi connectivity index (χ3v) is 4.68. The number of hydrogen-bond acceptors (Lipinski definition) is 5. The second-order valence-electron chi connectivity index (χ2n) is 6.82. The number of carbonyl (C=O) groups is 2. The van der Waals surface area contributed by atoms with Crippen molar-refractivity contribution in [1.82, 2.24) is 9.55 Å². The maximum absolute atomic E-state index is 12.5. The summed E-state index contributed by atoms with van der Waals surface area (Å²) in [5, 5.41) is 3.18. The molecular formula is C24H19N3O4. The smallest absolute Gasteiger partial charge is 0.326 e. The van der Waals surface area contributed by atoms with Gasteiger partial charge in [-0.3, -0.25) is 19.0 Å². The molecular weight excluding hydrogens is 394 g/mol. The Morgan fingerprint density at radius 1 is 0.903 bits per heavy atom. The summed E-state index contributed by atoms with van der Waals surface area (Å²) < 4.78 is 6.21. The van der Waals surface area contributed by atoms with E-state index in [1.165, 1.54) is 6.33 Å². The average Bonchev–Trinajstić information content (AvgIpc) is 2.81. The molecule has 7 heteroatoms. The molecule has 0 aliphatic carbocycles. The van der Waals surface area contributed by atoms with Gasteiger partial charge in [0.05, 0.1) is 17.2 Å². The monoisotopic (exact) mass is 413 g/mol. The van der Waals surface area contributed by atoms with E-state index in [-0.39, 0.29) is 12.1 Å². The van der Waals surface area contributed by atoms with Crippen LogP contribution in [0.1, 0.15) is 0 Å². The molecule has 0 radical (unpaired) electrons. The number of amides is 1. The molecule has 0 fully saturated rings.